The Balaban J connectivity index is 1.31. The van der Waals surface area contributed by atoms with Crippen molar-refractivity contribution in [2.75, 3.05) is 26.2 Å². The first-order valence-corrected chi connectivity index (χ1v) is 11.6. The lowest BCUT2D eigenvalue weighted by Crippen LogP contribution is -2.34. The van der Waals surface area contributed by atoms with E-state index in [1.165, 1.54) is 22.3 Å². The highest BCUT2D eigenvalue weighted by Crippen LogP contribution is 2.35. The van der Waals surface area contributed by atoms with Crippen LogP contribution in [0, 0.1) is 0 Å². The van der Waals surface area contributed by atoms with E-state index in [0.29, 0.717) is 12.3 Å². The SMILES string of the molecule is CCOC(=O)c1cccn1CCN1CCC(=C2c3ccccc3CCn3ccnc32)CC1. The normalized spacial score (nSPS) is 16.4. The molecule has 1 fully saturated rings. The van der Waals surface area contributed by atoms with Gasteiger partial charge in [0.2, 0.25) is 0 Å². The van der Waals surface area contributed by atoms with E-state index >= 15 is 0 Å². The van der Waals surface area contributed by atoms with Crippen LogP contribution in [0.1, 0.15) is 47.2 Å². The summed E-state index contributed by atoms with van der Waals surface area (Å²) in [4.78, 5) is 19.4. The molecule has 1 aromatic carbocycles. The van der Waals surface area contributed by atoms with Crippen LogP contribution < -0.4 is 0 Å². The van der Waals surface area contributed by atoms with Crippen LogP contribution in [-0.4, -0.2) is 51.2 Å². The molecule has 0 N–H and O–H groups in total. The van der Waals surface area contributed by atoms with Crippen LogP contribution in [0.2, 0.25) is 0 Å². The Hall–Kier alpha value is -3.12. The van der Waals surface area contributed by atoms with Gasteiger partial charge in [0, 0.05) is 56.9 Å². The summed E-state index contributed by atoms with van der Waals surface area (Å²) in [6, 6.07) is 12.6. The molecule has 5 rings (SSSR count). The third-order valence-electron chi connectivity index (χ3n) is 6.63. The van der Waals surface area contributed by atoms with Gasteiger partial charge in [0.15, 0.2) is 0 Å². The largest absolute Gasteiger partial charge is 0.461 e. The number of piperidine rings is 1. The lowest BCUT2D eigenvalue weighted by Gasteiger charge is -2.30. The number of rotatable bonds is 5. The van der Waals surface area contributed by atoms with Crippen molar-refractivity contribution in [1.82, 2.24) is 19.0 Å². The molecule has 2 aromatic heterocycles. The van der Waals surface area contributed by atoms with Crippen LogP contribution >= 0.6 is 0 Å². The second-order valence-electron chi connectivity index (χ2n) is 8.48. The summed E-state index contributed by atoms with van der Waals surface area (Å²) in [7, 11) is 0. The van der Waals surface area contributed by atoms with Gasteiger partial charge in [0.25, 0.3) is 0 Å². The van der Waals surface area contributed by atoms with Gasteiger partial charge >= 0.3 is 5.97 Å². The van der Waals surface area contributed by atoms with Crippen molar-refractivity contribution in [2.45, 2.75) is 39.3 Å². The van der Waals surface area contributed by atoms with Crippen LogP contribution in [0.3, 0.4) is 0 Å². The van der Waals surface area contributed by atoms with Gasteiger partial charge in [-0.15, -0.1) is 0 Å². The molecule has 1 saturated heterocycles. The molecule has 0 saturated carbocycles. The zero-order valence-electron chi connectivity index (χ0n) is 18.7. The number of carbonyl (C=O) groups excluding carboxylic acids is 1. The van der Waals surface area contributed by atoms with Gasteiger partial charge in [-0.25, -0.2) is 9.78 Å². The van der Waals surface area contributed by atoms with Crippen molar-refractivity contribution in [3.05, 3.63) is 83.2 Å². The number of aryl methyl sites for hydroxylation is 2. The molecule has 6 heteroatoms. The molecule has 0 bridgehead atoms. The number of esters is 1. The minimum atomic E-state index is -0.245. The van der Waals surface area contributed by atoms with Gasteiger partial charge < -0.3 is 18.8 Å². The molecule has 0 spiro atoms. The highest BCUT2D eigenvalue weighted by molar-refractivity contribution is 5.87. The summed E-state index contributed by atoms with van der Waals surface area (Å²) in [5.74, 6) is 0.871. The second-order valence-corrected chi connectivity index (χ2v) is 8.48. The summed E-state index contributed by atoms with van der Waals surface area (Å²) in [5, 5.41) is 0. The highest BCUT2D eigenvalue weighted by atomic mass is 16.5. The van der Waals surface area contributed by atoms with E-state index in [1.807, 2.05) is 36.0 Å². The maximum absolute atomic E-state index is 12.1. The predicted octanol–water partition coefficient (Wildman–Crippen LogP) is 4.02. The molecule has 0 radical (unpaired) electrons. The van der Waals surface area contributed by atoms with Crippen molar-refractivity contribution in [3.8, 4) is 0 Å². The molecule has 0 aliphatic carbocycles. The predicted molar refractivity (Wildman–Crippen MR) is 124 cm³/mol. The average Bonchev–Trinajstić information content (AvgIpc) is 3.45. The number of aromatic nitrogens is 3. The Morgan fingerprint density at radius 2 is 1.84 bits per heavy atom. The topological polar surface area (TPSA) is 52.3 Å². The molecular formula is C26H30N4O2. The summed E-state index contributed by atoms with van der Waals surface area (Å²) >= 11 is 0. The van der Waals surface area contributed by atoms with Gasteiger partial charge in [-0.05, 0) is 49.4 Å². The molecule has 3 aromatic rings. The van der Waals surface area contributed by atoms with Gasteiger partial charge in [-0.3, -0.25) is 0 Å². The third-order valence-corrected chi connectivity index (χ3v) is 6.63. The number of nitrogens with zero attached hydrogens (tertiary/aromatic N) is 4. The van der Waals surface area contributed by atoms with E-state index in [2.05, 4.69) is 39.9 Å². The van der Waals surface area contributed by atoms with E-state index in [-0.39, 0.29) is 5.97 Å². The van der Waals surface area contributed by atoms with E-state index in [4.69, 9.17) is 9.72 Å². The van der Waals surface area contributed by atoms with E-state index in [1.54, 1.807) is 0 Å². The molecule has 2 aliphatic heterocycles. The minimum absolute atomic E-state index is 0.245. The summed E-state index contributed by atoms with van der Waals surface area (Å²) in [6.07, 6.45) is 9.14. The molecule has 32 heavy (non-hydrogen) atoms. The molecule has 2 aliphatic rings. The number of likely N-dealkylation sites (tertiary alicyclic amines) is 1. The third kappa shape index (κ3) is 4.02. The molecule has 0 atom stereocenters. The minimum Gasteiger partial charge on any atom is -0.461 e. The molecular weight excluding hydrogens is 400 g/mol. The van der Waals surface area contributed by atoms with Gasteiger partial charge in [0.05, 0.1) is 6.61 Å². The summed E-state index contributed by atoms with van der Waals surface area (Å²) < 4.78 is 9.48. The molecule has 4 heterocycles. The first kappa shape index (κ1) is 20.8. The van der Waals surface area contributed by atoms with Gasteiger partial charge in [-0.2, -0.15) is 0 Å². The smallest absolute Gasteiger partial charge is 0.354 e. The Kier molecular flexibility index (Phi) is 5.95. The average molecular weight is 431 g/mol. The molecule has 0 unspecified atom stereocenters. The van der Waals surface area contributed by atoms with Crippen molar-refractivity contribution in [3.63, 3.8) is 0 Å². The first-order chi connectivity index (χ1) is 15.7. The van der Waals surface area contributed by atoms with E-state index in [0.717, 1.165) is 57.8 Å². The highest BCUT2D eigenvalue weighted by Gasteiger charge is 2.25. The Bertz CT molecular complexity index is 1130. The zero-order chi connectivity index (χ0) is 21.9. The Morgan fingerprint density at radius 1 is 1.00 bits per heavy atom. The number of carbonyl (C=O) groups is 1. The van der Waals surface area contributed by atoms with Crippen LogP contribution in [0.5, 0.6) is 0 Å². The van der Waals surface area contributed by atoms with Crippen LogP contribution in [0.4, 0.5) is 0 Å². The maximum atomic E-state index is 12.1. The monoisotopic (exact) mass is 430 g/mol. The van der Waals surface area contributed by atoms with E-state index in [9.17, 15) is 4.79 Å². The number of benzene rings is 1. The van der Waals surface area contributed by atoms with Crippen LogP contribution in [0.15, 0.2) is 60.6 Å². The second kappa shape index (κ2) is 9.17. The van der Waals surface area contributed by atoms with Crippen LogP contribution in [0.25, 0.3) is 5.57 Å². The molecule has 6 nitrogen and oxygen atoms in total. The lowest BCUT2D eigenvalue weighted by molar-refractivity contribution is 0.0513. The number of ether oxygens (including phenoxy) is 1. The maximum Gasteiger partial charge on any atom is 0.354 e. The fraction of sp³-hybridized carbons (Fsp3) is 0.385. The quantitative estimate of drug-likeness (QED) is 0.574. The van der Waals surface area contributed by atoms with Crippen molar-refractivity contribution < 1.29 is 9.53 Å². The molecule has 0 amide bonds. The zero-order valence-corrected chi connectivity index (χ0v) is 18.7. The van der Waals surface area contributed by atoms with Crippen molar-refractivity contribution in [1.29, 1.82) is 0 Å². The lowest BCUT2D eigenvalue weighted by atomic mass is 9.90. The molecule has 166 valence electrons. The van der Waals surface area contributed by atoms with Crippen molar-refractivity contribution in [2.24, 2.45) is 0 Å². The number of hydrogen-bond acceptors (Lipinski definition) is 4. The summed E-state index contributed by atoms with van der Waals surface area (Å²) in [6.45, 7) is 6.98. The number of hydrogen-bond donors (Lipinski definition) is 0. The fourth-order valence-corrected chi connectivity index (χ4v) is 4.96. The summed E-state index contributed by atoms with van der Waals surface area (Å²) in [5.41, 5.74) is 6.26. The first-order valence-electron chi connectivity index (χ1n) is 11.6. The number of fused-ring (bicyclic) bond motifs is 2. The standard InChI is InChI=1S/C26H30N4O2/c1-2-32-26(31)23-8-5-13-29(23)19-18-28-14-9-21(10-15-28)24-22-7-4-3-6-20(22)11-16-30-17-12-27-25(24)30/h3-8,12-13,17H,2,9-11,14-16,18-19H2,1H3. The Morgan fingerprint density at radius 3 is 2.69 bits per heavy atom. The number of imidazole rings is 1. The van der Waals surface area contributed by atoms with Crippen molar-refractivity contribution >= 4 is 11.5 Å². The van der Waals surface area contributed by atoms with E-state index < -0.39 is 0 Å². The van der Waals surface area contributed by atoms with Gasteiger partial charge in [-0.1, -0.05) is 29.8 Å². The van der Waals surface area contributed by atoms with Gasteiger partial charge in [0.1, 0.15) is 11.5 Å². The Labute approximate surface area is 189 Å². The van der Waals surface area contributed by atoms with Crippen LogP contribution in [-0.2, 0) is 24.2 Å². The fourth-order valence-electron chi connectivity index (χ4n) is 4.96.